The lowest BCUT2D eigenvalue weighted by atomic mass is 10.1. The maximum Gasteiger partial charge on any atom is 0.276 e. The zero-order valence-corrected chi connectivity index (χ0v) is 21.1. The van der Waals surface area contributed by atoms with Crippen LogP contribution in [0, 0.1) is 0 Å². The Balaban J connectivity index is 1.75. The number of pyridine rings is 1. The van der Waals surface area contributed by atoms with Gasteiger partial charge >= 0.3 is 0 Å². The van der Waals surface area contributed by atoms with Gasteiger partial charge in [0.1, 0.15) is 5.75 Å². The molecule has 2 atom stereocenters. The molecular weight excluding hydrogens is 498 g/mol. The molecule has 1 aliphatic rings. The normalized spacial score (nSPS) is 16.5. The second-order valence-electron chi connectivity index (χ2n) is 8.42. The second-order valence-corrected chi connectivity index (χ2v) is 10.5. The number of sulfone groups is 1. The van der Waals surface area contributed by atoms with Crippen LogP contribution in [0.15, 0.2) is 71.9 Å². The molecule has 0 aliphatic carbocycles. The van der Waals surface area contributed by atoms with Crippen LogP contribution in [0.3, 0.4) is 0 Å². The molecule has 2 heterocycles. The van der Waals surface area contributed by atoms with Gasteiger partial charge in [0.15, 0.2) is 11.7 Å². The maximum absolute atomic E-state index is 13.9. The fourth-order valence-corrected chi connectivity index (χ4v) is 5.63. The first-order chi connectivity index (χ1) is 17.9. The molecule has 1 fully saturated rings. The first-order valence-electron chi connectivity index (χ1n) is 11.8. The predicted molar refractivity (Wildman–Crippen MR) is 135 cm³/mol. The van der Waals surface area contributed by atoms with Crippen LogP contribution in [-0.2, 0) is 25.9 Å². The third kappa shape index (κ3) is 6.25. The number of rotatable bonds is 10. The number of nitrogens with one attached hydrogen (secondary N) is 2. The summed E-state index contributed by atoms with van der Waals surface area (Å²) in [6.07, 6.45) is 5.27. The van der Waals surface area contributed by atoms with Gasteiger partial charge in [-0.1, -0.05) is 18.2 Å². The Bertz CT molecular complexity index is 1300. The number of nitrogens with zero attached hydrogens (tertiary/aromatic N) is 1. The van der Waals surface area contributed by atoms with Crippen LogP contribution in [-0.4, -0.2) is 44.5 Å². The van der Waals surface area contributed by atoms with Crippen molar-refractivity contribution in [3.05, 3.63) is 83.7 Å². The van der Waals surface area contributed by atoms with Crippen LogP contribution in [0.1, 0.15) is 46.1 Å². The van der Waals surface area contributed by atoms with Crippen molar-refractivity contribution < 1.29 is 32.6 Å². The molecule has 3 N–H and O–H groups in total. The number of aromatic nitrogens is 1. The molecule has 0 bridgehead atoms. The number of carbonyl (C=O) groups excluding carboxylic acids is 1. The number of anilines is 1. The monoisotopic (exact) mass is 527 g/mol. The fraction of sp³-hybridized carbons (Fsp3) is 0.308. The highest BCUT2D eigenvalue weighted by Crippen LogP contribution is 2.34. The lowest BCUT2D eigenvalue weighted by molar-refractivity contribution is -0.168. The number of benzene rings is 2. The van der Waals surface area contributed by atoms with E-state index in [4.69, 9.17) is 14.2 Å². The summed E-state index contributed by atoms with van der Waals surface area (Å²) in [5.74, 6) is -0.288. The summed E-state index contributed by atoms with van der Waals surface area (Å²) < 4.78 is 44.5. The smallest absolute Gasteiger partial charge is 0.276 e. The Hall–Kier alpha value is -3.51. The molecule has 1 aliphatic heterocycles. The molecule has 196 valence electrons. The van der Waals surface area contributed by atoms with Crippen molar-refractivity contribution >= 4 is 21.4 Å². The highest BCUT2D eigenvalue weighted by molar-refractivity contribution is 7.91. The van der Waals surface area contributed by atoms with Crippen molar-refractivity contribution in [2.75, 3.05) is 19.0 Å². The van der Waals surface area contributed by atoms with E-state index < -0.39 is 27.4 Å². The SMILES string of the molecule is COc1ccc(S(=O)(=O)C(Nc2c(COC3CCCCO3)cccc2C(=O)NO)c2cccnc2)cc1. The molecule has 3 aromatic rings. The minimum absolute atomic E-state index is 0.0481. The van der Waals surface area contributed by atoms with E-state index in [1.54, 1.807) is 41.9 Å². The molecule has 0 radical (unpaired) electrons. The number of methoxy groups -OCH3 is 1. The number of para-hydroxylation sites is 1. The van der Waals surface area contributed by atoms with Crippen molar-refractivity contribution in [2.24, 2.45) is 0 Å². The molecule has 4 rings (SSSR count). The maximum atomic E-state index is 13.9. The van der Waals surface area contributed by atoms with Gasteiger partial charge < -0.3 is 19.5 Å². The second kappa shape index (κ2) is 12.2. The number of hydroxylamine groups is 1. The third-order valence-corrected chi connectivity index (χ3v) is 7.96. The topological polar surface area (TPSA) is 136 Å². The standard InChI is InChI=1S/C26H29N3O7S/c1-34-20-10-12-21(13-11-20)37(32,33)26(18-7-5-14-27-16-18)28-24-19(6-4-8-22(24)25(30)29-31)17-36-23-9-2-3-15-35-23/h4-8,10-14,16,23,26,28,31H,2-3,9,15,17H2,1H3,(H,29,30). The minimum Gasteiger partial charge on any atom is -0.497 e. The molecule has 1 amide bonds. The summed E-state index contributed by atoms with van der Waals surface area (Å²) in [7, 11) is -2.55. The zero-order valence-electron chi connectivity index (χ0n) is 20.3. The van der Waals surface area contributed by atoms with E-state index in [2.05, 4.69) is 10.3 Å². The van der Waals surface area contributed by atoms with Gasteiger partial charge in [0.05, 0.1) is 29.9 Å². The van der Waals surface area contributed by atoms with Crippen molar-refractivity contribution in [1.29, 1.82) is 0 Å². The van der Waals surface area contributed by atoms with E-state index in [1.807, 2.05) is 0 Å². The molecule has 1 saturated heterocycles. The van der Waals surface area contributed by atoms with Crippen molar-refractivity contribution in [2.45, 2.75) is 42.4 Å². The Morgan fingerprint density at radius 1 is 1.16 bits per heavy atom. The van der Waals surface area contributed by atoms with Crippen LogP contribution in [0.4, 0.5) is 5.69 Å². The van der Waals surface area contributed by atoms with Crippen LogP contribution < -0.4 is 15.5 Å². The van der Waals surface area contributed by atoms with E-state index in [1.165, 1.54) is 37.7 Å². The Morgan fingerprint density at radius 3 is 2.62 bits per heavy atom. The van der Waals surface area contributed by atoms with Gasteiger partial charge in [0.2, 0.25) is 9.84 Å². The van der Waals surface area contributed by atoms with Crippen LogP contribution in [0.25, 0.3) is 0 Å². The zero-order chi connectivity index (χ0) is 26.3. The number of amides is 1. The van der Waals surface area contributed by atoms with Gasteiger partial charge in [-0.25, -0.2) is 13.9 Å². The average Bonchev–Trinajstić information content (AvgIpc) is 2.95. The molecule has 11 heteroatoms. The summed E-state index contributed by atoms with van der Waals surface area (Å²) in [6, 6.07) is 14.1. The average molecular weight is 528 g/mol. The Kier molecular flexibility index (Phi) is 8.72. The van der Waals surface area contributed by atoms with Crippen LogP contribution in [0.5, 0.6) is 5.75 Å². The molecular formula is C26H29N3O7S. The van der Waals surface area contributed by atoms with Crippen molar-refractivity contribution in [3.63, 3.8) is 0 Å². The van der Waals surface area contributed by atoms with Crippen molar-refractivity contribution in [3.8, 4) is 5.75 Å². The van der Waals surface area contributed by atoms with Crippen LogP contribution in [0.2, 0.25) is 0 Å². The quantitative estimate of drug-likeness (QED) is 0.265. The van der Waals surface area contributed by atoms with E-state index in [0.717, 1.165) is 19.3 Å². The van der Waals surface area contributed by atoms with Crippen LogP contribution >= 0.6 is 0 Å². The molecule has 0 spiro atoms. The molecule has 2 unspecified atom stereocenters. The molecule has 1 aromatic heterocycles. The van der Waals surface area contributed by atoms with Gasteiger partial charge in [-0.05, 0) is 55.7 Å². The number of hydrogen-bond donors (Lipinski definition) is 3. The molecule has 10 nitrogen and oxygen atoms in total. The summed E-state index contributed by atoms with van der Waals surface area (Å²) in [5, 5.41) is 11.1. The third-order valence-electron chi connectivity index (χ3n) is 6.02. The lowest BCUT2D eigenvalue weighted by Gasteiger charge is -2.26. The van der Waals surface area contributed by atoms with Gasteiger partial charge in [0, 0.05) is 30.1 Å². The van der Waals surface area contributed by atoms with Gasteiger partial charge in [0.25, 0.3) is 5.91 Å². The van der Waals surface area contributed by atoms with E-state index in [0.29, 0.717) is 23.5 Å². The molecule has 37 heavy (non-hydrogen) atoms. The first-order valence-corrected chi connectivity index (χ1v) is 13.3. The van der Waals surface area contributed by atoms with Gasteiger partial charge in [-0.2, -0.15) is 0 Å². The van der Waals surface area contributed by atoms with Crippen molar-refractivity contribution in [1.82, 2.24) is 10.5 Å². The summed E-state index contributed by atoms with van der Waals surface area (Å²) in [5.41, 5.74) is 2.77. The molecule has 0 saturated carbocycles. The first kappa shape index (κ1) is 26.6. The summed E-state index contributed by atoms with van der Waals surface area (Å²) in [6.45, 7) is 0.661. The number of carbonyl (C=O) groups is 1. The number of hydrogen-bond acceptors (Lipinski definition) is 9. The summed E-state index contributed by atoms with van der Waals surface area (Å²) in [4.78, 5) is 16.7. The lowest BCUT2D eigenvalue weighted by Crippen LogP contribution is -2.27. The Labute approximate surface area is 215 Å². The van der Waals surface area contributed by atoms with Gasteiger partial charge in [-0.15, -0.1) is 0 Å². The molecule has 2 aromatic carbocycles. The number of ether oxygens (including phenoxy) is 3. The van der Waals surface area contributed by atoms with E-state index in [-0.39, 0.29) is 22.8 Å². The highest BCUT2D eigenvalue weighted by Gasteiger charge is 2.32. The van der Waals surface area contributed by atoms with E-state index in [9.17, 15) is 18.4 Å². The minimum atomic E-state index is -4.05. The Morgan fingerprint density at radius 2 is 1.97 bits per heavy atom. The largest absolute Gasteiger partial charge is 0.497 e. The summed E-state index contributed by atoms with van der Waals surface area (Å²) >= 11 is 0. The highest BCUT2D eigenvalue weighted by atomic mass is 32.2. The van der Waals surface area contributed by atoms with E-state index >= 15 is 0 Å². The fourth-order valence-electron chi connectivity index (χ4n) is 4.07. The van der Waals surface area contributed by atoms with Gasteiger partial charge in [-0.3, -0.25) is 15.0 Å². The predicted octanol–water partition coefficient (Wildman–Crippen LogP) is 3.84.